The van der Waals surface area contributed by atoms with Gasteiger partial charge >= 0.3 is 0 Å². The summed E-state index contributed by atoms with van der Waals surface area (Å²) >= 11 is 6.09. The minimum absolute atomic E-state index is 0.0782. The van der Waals surface area contributed by atoms with Gasteiger partial charge in [0, 0.05) is 40.8 Å². The quantitative estimate of drug-likeness (QED) is 0.546. The first-order chi connectivity index (χ1) is 15.3. The Labute approximate surface area is 192 Å². The van der Waals surface area contributed by atoms with Crippen LogP contribution in [0.5, 0.6) is 5.75 Å². The average Bonchev–Trinajstić information content (AvgIpc) is 2.73. The van der Waals surface area contributed by atoms with Crippen molar-refractivity contribution in [2.45, 2.75) is 57.2 Å². The summed E-state index contributed by atoms with van der Waals surface area (Å²) in [5.41, 5.74) is 2.25. The van der Waals surface area contributed by atoms with Gasteiger partial charge in [0.2, 0.25) is 0 Å². The van der Waals surface area contributed by atoms with Gasteiger partial charge in [-0.3, -0.25) is 9.88 Å². The van der Waals surface area contributed by atoms with Crippen molar-refractivity contribution >= 4 is 28.3 Å². The van der Waals surface area contributed by atoms with Gasteiger partial charge in [-0.25, -0.2) is 0 Å². The van der Waals surface area contributed by atoms with Crippen molar-refractivity contribution in [3.63, 3.8) is 0 Å². The number of aryl methyl sites for hydroxylation is 1. The van der Waals surface area contributed by atoms with Gasteiger partial charge in [0.05, 0.1) is 5.60 Å². The molecule has 1 atom stereocenters. The summed E-state index contributed by atoms with van der Waals surface area (Å²) in [6, 6.07) is 7.84. The van der Waals surface area contributed by atoms with E-state index in [4.69, 9.17) is 11.6 Å². The number of likely N-dealkylation sites (tertiary alicyclic amines) is 1. The topological polar surface area (TPSA) is 94.4 Å². The molecule has 1 aliphatic heterocycles. The van der Waals surface area contributed by atoms with E-state index in [1.54, 1.807) is 12.3 Å². The number of aliphatic hydroxyl groups is 1. The van der Waals surface area contributed by atoms with Crippen molar-refractivity contribution in [2.75, 3.05) is 18.4 Å². The summed E-state index contributed by atoms with van der Waals surface area (Å²) in [4.78, 5) is 7.07. The van der Waals surface area contributed by atoms with Crippen LogP contribution in [-0.4, -0.2) is 61.1 Å². The molecule has 1 saturated heterocycles. The minimum Gasteiger partial charge on any atom is -0.507 e. The fourth-order valence-corrected chi connectivity index (χ4v) is 5.43. The zero-order valence-electron chi connectivity index (χ0n) is 18.3. The molecule has 0 bridgehead atoms. The van der Waals surface area contributed by atoms with E-state index in [0.29, 0.717) is 28.1 Å². The number of hydrogen-bond donors (Lipinski definition) is 3. The summed E-state index contributed by atoms with van der Waals surface area (Å²) in [5.74, 6) is 0.734. The van der Waals surface area contributed by atoms with Crippen LogP contribution in [0.3, 0.4) is 0 Å². The van der Waals surface area contributed by atoms with Gasteiger partial charge < -0.3 is 15.5 Å². The molecule has 1 unspecified atom stereocenters. The number of aromatic nitrogens is 3. The maximum atomic E-state index is 10.6. The Kier molecular flexibility index (Phi) is 5.43. The summed E-state index contributed by atoms with van der Waals surface area (Å²) in [7, 11) is 0. The maximum absolute atomic E-state index is 10.6. The number of aromatic hydroxyl groups is 1. The second kappa shape index (κ2) is 8.14. The van der Waals surface area contributed by atoms with E-state index in [1.165, 1.54) is 6.07 Å². The number of benzene rings is 1. The van der Waals surface area contributed by atoms with Crippen LogP contribution in [0.25, 0.3) is 22.2 Å². The van der Waals surface area contributed by atoms with Crippen LogP contribution in [0.1, 0.15) is 38.2 Å². The normalized spacial score (nSPS) is 26.1. The molecule has 2 aliphatic rings. The van der Waals surface area contributed by atoms with Crippen LogP contribution in [0.15, 0.2) is 30.5 Å². The zero-order valence-corrected chi connectivity index (χ0v) is 19.1. The zero-order chi connectivity index (χ0) is 22.5. The lowest BCUT2D eigenvalue weighted by Gasteiger charge is -2.49. The van der Waals surface area contributed by atoms with E-state index < -0.39 is 5.60 Å². The minimum atomic E-state index is -0.516. The van der Waals surface area contributed by atoms with Crippen LogP contribution in [-0.2, 0) is 0 Å². The molecule has 32 heavy (non-hydrogen) atoms. The van der Waals surface area contributed by atoms with Crippen molar-refractivity contribution in [2.24, 2.45) is 0 Å². The highest BCUT2D eigenvalue weighted by molar-refractivity contribution is 6.31. The average molecular weight is 454 g/mol. The SMILES string of the molecule is Cc1cc(Cl)cc(O)c1-c1nnc(NC2CCCN(C3CC(C)(O)C3)C2)c2ncccc12. The van der Waals surface area contributed by atoms with Crippen LogP contribution in [0.2, 0.25) is 5.02 Å². The van der Waals surface area contributed by atoms with Crippen molar-refractivity contribution in [1.29, 1.82) is 0 Å². The molecular formula is C24H28ClN5O2. The Morgan fingerprint density at radius 1 is 1.25 bits per heavy atom. The number of phenolic OH excluding ortho intramolecular Hbond substituents is 1. The number of pyridine rings is 1. The van der Waals surface area contributed by atoms with Crippen molar-refractivity contribution in [1.82, 2.24) is 20.1 Å². The number of nitrogens with one attached hydrogen (secondary N) is 1. The molecule has 1 saturated carbocycles. The number of hydrogen-bond acceptors (Lipinski definition) is 7. The number of anilines is 1. The molecule has 168 valence electrons. The second-order valence-electron chi connectivity index (χ2n) is 9.45. The third-order valence-corrected chi connectivity index (χ3v) is 6.93. The van der Waals surface area contributed by atoms with Crippen LogP contribution >= 0.6 is 11.6 Å². The lowest BCUT2D eigenvalue weighted by molar-refractivity contribution is -0.0823. The Bertz CT molecular complexity index is 1140. The lowest BCUT2D eigenvalue weighted by Crippen LogP contribution is -2.57. The molecule has 0 spiro atoms. The third-order valence-electron chi connectivity index (χ3n) is 6.71. The molecule has 1 aliphatic carbocycles. The van der Waals surface area contributed by atoms with Gasteiger partial charge in [-0.15, -0.1) is 10.2 Å². The number of piperidine rings is 1. The standard InChI is InChI=1S/C24H28ClN5O2/c1-14-9-15(25)10-19(31)20(14)21-18-6-3-7-26-22(18)23(29-28-21)27-16-5-4-8-30(13-16)17-11-24(2,32)12-17/h3,6-7,9-10,16-17,31-32H,4-5,8,11-13H2,1-2H3,(H,27,29). The monoisotopic (exact) mass is 453 g/mol. The van der Waals surface area contributed by atoms with Gasteiger partial charge in [-0.1, -0.05) is 11.6 Å². The molecule has 2 aromatic heterocycles. The fraction of sp³-hybridized carbons (Fsp3) is 0.458. The molecule has 5 rings (SSSR count). The molecule has 8 heteroatoms. The number of rotatable bonds is 4. The van der Waals surface area contributed by atoms with Crippen LogP contribution < -0.4 is 5.32 Å². The summed E-state index contributed by atoms with van der Waals surface area (Å²) in [5, 5.41) is 34.5. The number of fused-ring (bicyclic) bond motifs is 1. The Hall–Kier alpha value is -2.48. The molecule has 3 aromatic rings. The van der Waals surface area contributed by atoms with Gasteiger partial charge in [0.15, 0.2) is 5.82 Å². The van der Waals surface area contributed by atoms with Crippen molar-refractivity contribution in [3.8, 4) is 17.0 Å². The van der Waals surface area contributed by atoms with Gasteiger partial charge in [0.1, 0.15) is 17.0 Å². The van der Waals surface area contributed by atoms with E-state index in [-0.39, 0.29) is 11.8 Å². The molecule has 3 N–H and O–H groups in total. The predicted octanol–water partition coefficient (Wildman–Crippen LogP) is 4.15. The first kappa shape index (κ1) is 21.4. The largest absolute Gasteiger partial charge is 0.507 e. The molecule has 3 heterocycles. The Balaban J connectivity index is 1.43. The highest BCUT2D eigenvalue weighted by atomic mass is 35.5. The Morgan fingerprint density at radius 3 is 2.81 bits per heavy atom. The molecule has 2 fully saturated rings. The predicted molar refractivity (Wildman–Crippen MR) is 126 cm³/mol. The first-order valence-electron chi connectivity index (χ1n) is 11.1. The maximum Gasteiger partial charge on any atom is 0.175 e. The van der Waals surface area contributed by atoms with Gasteiger partial charge in [-0.05, 0) is 75.9 Å². The summed E-state index contributed by atoms with van der Waals surface area (Å²) in [6.07, 6.45) is 5.57. The van der Waals surface area contributed by atoms with E-state index in [0.717, 1.165) is 55.2 Å². The number of nitrogens with zero attached hydrogens (tertiary/aromatic N) is 4. The highest BCUT2D eigenvalue weighted by Gasteiger charge is 2.42. The first-order valence-corrected chi connectivity index (χ1v) is 11.5. The van der Waals surface area contributed by atoms with Crippen molar-refractivity contribution in [3.05, 3.63) is 41.0 Å². The van der Waals surface area contributed by atoms with Crippen LogP contribution in [0, 0.1) is 6.92 Å². The number of phenols is 1. The van der Waals surface area contributed by atoms with Gasteiger partial charge in [0.25, 0.3) is 0 Å². The summed E-state index contributed by atoms with van der Waals surface area (Å²) in [6.45, 7) is 5.79. The number of halogens is 1. The van der Waals surface area contributed by atoms with E-state index >= 15 is 0 Å². The second-order valence-corrected chi connectivity index (χ2v) is 9.89. The van der Waals surface area contributed by atoms with E-state index in [1.807, 2.05) is 26.0 Å². The smallest absolute Gasteiger partial charge is 0.175 e. The van der Waals surface area contributed by atoms with Crippen LogP contribution in [0.4, 0.5) is 5.82 Å². The van der Waals surface area contributed by atoms with Crippen molar-refractivity contribution < 1.29 is 10.2 Å². The molecular weight excluding hydrogens is 426 g/mol. The van der Waals surface area contributed by atoms with E-state index in [9.17, 15) is 10.2 Å². The highest BCUT2D eigenvalue weighted by Crippen LogP contribution is 2.39. The summed E-state index contributed by atoms with van der Waals surface area (Å²) < 4.78 is 0. The Morgan fingerprint density at radius 2 is 2.06 bits per heavy atom. The van der Waals surface area contributed by atoms with Gasteiger partial charge in [-0.2, -0.15) is 0 Å². The molecule has 7 nitrogen and oxygen atoms in total. The molecule has 1 aromatic carbocycles. The molecule has 0 radical (unpaired) electrons. The lowest BCUT2D eigenvalue weighted by atomic mass is 9.76. The third kappa shape index (κ3) is 4.00. The van der Waals surface area contributed by atoms with E-state index in [2.05, 4.69) is 25.4 Å². The fourth-order valence-electron chi connectivity index (χ4n) is 5.16. The molecule has 0 amide bonds.